The van der Waals surface area contributed by atoms with Crippen LogP contribution in [0.25, 0.3) is 0 Å². The van der Waals surface area contributed by atoms with Crippen molar-refractivity contribution < 1.29 is 23.9 Å². The first-order chi connectivity index (χ1) is 7.43. The zero-order valence-electron chi connectivity index (χ0n) is 7.87. The SMILES string of the molecule is O=C(O)C(=O)CC(=O)c1c(F)cccc1Cl. The number of ketones is 2. The van der Waals surface area contributed by atoms with Gasteiger partial charge in [-0.15, -0.1) is 0 Å². The van der Waals surface area contributed by atoms with Gasteiger partial charge in [-0.2, -0.15) is 0 Å². The molecule has 1 rings (SSSR count). The maximum Gasteiger partial charge on any atom is 0.372 e. The Morgan fingerprint density at radius 3 is 2.44 bits per heavy atom. The highest BCUT2D eigenvalue weighted by Crippen LogP contribution is 2.20. The predicted octanol–water partition coefficient (Wildman–Crippen LogP) is 1.71. The summed E-state index contributed by atoms with van der Waals surface area (Å²) in [6.07, 6.45) is -0.907. The molecule has 0 fully saturated rings. The minimum Gasteiger partial charge on any atom is -0.475 e. The number of benzene rings is 1. The van der Waals surface area contributed by atoms with E-state index in [-0.39, 0.29) is 5.02 Å². The molecule has 0 amide bonds. The normalized spacial score (nSPS) is 9.88. The van der Waals surface area contributed by atoms with Crippen LogP contribution in [0.15, 0.2) is 18.2 Å². The van der Waals surface area contributed by atoms with E-state index in [1.54, 1.807) is 0 Å². The molecule has 0 saturated carbocycles. The van der Waals surface area contributed by atoms with Crippen LogP contribution in [0.5, 0.6) is 0 Å². The van der Waals surface area contributed by atoms with Crippen LogP contribution in [0.2, 0.25) is 5.02 Å². The second-order valence-electron chi connectivity index (χ2n) is 2.92. The van der Waals surface area contributed by atoms with Gasteiger partial charge in [0.1, 0.15) is 5.82 Å². The summed E-state index contributed by atoms with van der Waals surface area (Å²) in [6, 6.07) is 3.58. The van der Waals surface area contributed by atoms with E-state index in [1.807, 2.05) is 0 Å². The topological polar surface area (TPSA) is 71.4 Å². The molecular weight excluding hydrogens is 239 g/mol. The van der Waals surface area contributed by atoms with E-state index < -0.39 is 35.3 Å². The van der Waals surface area contributed by atoms with Crippen molar-refractivity contribution in [3.8, 4) is 0 Å². The number of hydrogen-bond donors (Lipinski definition) is 1. The fourth-order valence-electron chi connectivity index (χ4n) is 1.07. The minimum absolute atomic E-state index is 0.150. The average Bonchev–Trinajstić information content (AvgIpc) is 2.16. The van der Waals surface area contributed by atoms with Gasteiger partial charge in [0.25, 0.3) is 0 Å². The van der Waals surface area contributed by atoms with Gasteiger partial charge < -0.3 is 5.11 Å². The number of carbonyl (C=O) groups is 3. The Morgan fingerprint density at radius 1 is 1.31 bits per heavy atom. The van der Waals surface area contributed by atoms with Crippen LogP contribution >= 0.6 is 11.6 Å². The number of aliphatic carboxylic acids is 1. The third-order valence-electron chi connectivity index (χ3n) is 1.80. The fraction of sp³-hybridized carbons (Fsp3) is 0.100. The molecule has 1 aromatic rings. The van der Waals surface area contributed by atoms with Crippen molar-refractivity contribution in [3.63, 3.8) is 0 Å². The molecule has 0 spiro atoms. The molecule has 6 heteroatoms. The molecule has 16 heavy (non-hydrogen) atoms. The van der Waals surface area contributed by atoms with E-state index in [1.165, 1.54) is 12.1 Å². The van der Waals surface area contributed by atoms with Crippen LogP contribution < -0.4 is 0 Å². The molecule has 0 saturated heterocycles. The zero-order valence-corrected chi connectivity index (χ0v) is 8.62. The highest BCUT2D eigenvalue weighted by atomic mass is 35.5. The molecule has 0 aromatic heterocycles. The molecule has 0 radical (unpaired) electrons. The average molecular weight is 245 g/mol. The molecular formula is C10H6ClFO4. The van der Waals surface area contributed by atoms with Gasteiger partial charge in [0.2, 0.25) is 5.78 Å². The third kappa shape index (κ3) is 2.64. The van der Waals surface area contributed by atoms with Crippen molar-refractivity contribution in [3.05, 3.63) is 34.6 Å². The number of carboxylic acids is 1. The van der Waals surface area contributed by atoms with Crippen molar-refractivity contribution in [2.24, 2.45) is 0 Å². The Labute approximate surface area is 94.6 Å². The number of Topliss-reactive ketones (excluding diaryl/α,β-unsaturated/α-hetero) is 2. The van der Waals surface area contributed by atoms with Crippen molar-refractivity contribution in [1.29, 1.82) is 0 Å². The van der Waals surface area contributed by atoms with Gasteiger partial charge in [0.15, 0.2) is 5.78 Å². The first-order valence-electron chi connectivity index (χ1n) is 4.17. The van der Waals surface area contributed by atoms with Crippen molar-refractivity contribution in [2.75, 3.05) is 0 Å². The van der Waals surface area contributed by atoms with Crippen molar-refractivity contribution in [1.82, 2.24) is 0 Å². The molecule has 0 unspecified atom stereocenters. The van der Waals surface area contributed by atoms with Crippen LogP contribution in [0, 0.1) is 5.82 Å². The van der Waals surface area contributed by atoms with Crippen LogP contribution in [0.1, 0.15) is 16.8 Å². The van der Waals surface area contributed by atoms with Crippen LogP contribution in [0.4, 0.5) is 4.39 Å². The van der Waals surface area contributed by atoms with E-state index in [9.17, 15) is 18.8 Å². The second kappa shape index (κ2) is 4.85. The van der Waals surface area contributed by atoms with E-state index in [4.69, 9.17) is 16.7 Å². The Balaban J connectivity index is 2.98. The lowest BCUT2D eigenvalue weighted by atomic mass is 10.1. The largest absolute Gasteiger partial charge is 0.475 e. The number of carboxylic acid groups (broad SMARTS) is 1. The Kier molecular flexibility index (Phi) is 3.73. The van der Waals surface area contributed by atoms with Gasteiger partial charge in [-0.05, 0) is 12.1 Å². The molecule has 0 bridgehead atoms. The second-order valence-corrected chi connectivity index (χ2v) is 3.33. The third-order valence-corrected chi connectivity index (χ3v) is 2.12. The zero-order chi connectivity index (χ0) is 12.3. The molecule has 84 valence electrons. The smallest absolute Gasteiger partial charge is 0.372 e. The Morgan fingerprint density at radius 2 is 1.94 bits per heavy atom. The molecule has 0 aliphatic rings. The van der Waals surface area contributed by atoms with Crippen LogP contribution in [0.3, 0.4) is 0 Å². The summed E-state index contributed by atoms with van der Waals surface area (Å²) < 4.78 is 13.2. The first-order valence-corrected chi connectivity index (χ1v) is 4.54. The Hall–Kier alpha value is -1.75. The van der Waals surface area contributed by atoms with E-state index in [0.29, 0.717) is 0 Å². The number of carbonyl (C=O) groups excluding carboxylic acids is 2. The van der Waals surface area contributed by atoms with Gasteiger partial charge in [0.05, 0.1) is 17.0 Å². The van der Waals surface area contributed by atoms with Gasteiger partial charge in [0, 0.05) is 0 Å². The molecule has 0 aliphatic carbocycles. The summed E-state index contributed by atoms with van der Waals surface area (Å²) in [5, 5.41) is 8.14. The maximum absolute atomic E-state index is 13.2. The minimum atomic E-state index is -1.74. The first kappa shape index (κ1) is 12.3. The molecule has 4 nitrogen and oxygen atoms in total. The molecule has 0 atom stereocenters. The lowest BCUT2D eigenvalue weighted by Crippen LogP contribution is -2.18. The van der Waals surface area contributed by atoms with Crippen molar-refractivity contribution in [2.45, 2.75) is 6.42 Å². The monoisotopic (exact) mass is 244 g/mol. The highest BCUT2D eigenvalue weighted by molar-refractivity contribution is 6.39. The lowest BCUT2D eigenvalue weighted by molar-refractivity contribution is -0.148. The van der Waals surface area contributed by atoms with Gasteiger partial charge in [-0.25, -0.2) is 9.18 Å². The van der Waals surface area contributed by atoms with Gasteiger partial charge >= 0.3 is 5.97 Å². The predicted molar refractivity (Wildman–Crippen MR) is 53.0 cm³/mol. The van der Waals surface area contributed by atoms with Gasteiger partial charge in [-0.1, -0.05) is 17.7 Å². The number of rotatable bonds is 4. The van der Waals surface area contributed by atoms with E-state index in [0.717, 1.165) is 6.07 Å². The molecule has 0 aliphatic heterocycles. The van der Waals surface area contributed by atoms with Crippen LogP contribution in [-0.2, 0) is 9.59 Å². The summed E-state index contributed by atoms with van der Waals surface area (Å²) in [5.41, 5.74) is -0.459. The standard InChI is InChI=1S/C10H6ClFO4/c11-5-2-1-3-6(12)9(5)7(13)4-8(14)10(15)16/h1-3H,4H2,(H,15,16). The quantitative estimate of drug-likeness (QED) is 0.497. The summed E-state index contributed by atoms with van der Waals surface area (Å²) >= 11 is 5.57. The summed E-state index contributed by atoms with van der Waals surface area (Å²) in [7, 11) is 0. The van der Waals surface area contributed by atoms with Crippen LogP contribution in [-0.4, -0.2) is 22.6 Å². The summed E-state index contributed by atoms with van der Waals surface area (Å²) in [6.45, 7) is 0. The summed E-state index contributed by atoms with van der Waals surface area (Å²) in [5.74, 6) is -4.86. The number of halogens is 2. The molecule has 1 aromatic carbocycles. The molecule has 0 heterocycles. The fourth-order valence-corrected chi connectivity index (χ4v) is 1.34. The highest BCUT2D eigenvalue weighted by Gasteiger charge is 2.22. The Bertz CT molecular complexity index is 450. The van der Waals surface area contributed by atoms with Gasteiger partial charge in [-0.3, -0.25) is 9.59 Å². The summed E-state index contributed by atoms with van der Waals surface area (Å²) in [4.78, 5) is 32.4. The van der Waals surface area contributed by atoms with Crippen molar-refractivity contribution >= 4 is 29.1 Å². The molecule has 1 N–H and O–H groups in total. The maximum atomic E-state index is 13.2. The number of hydrogen-bond acceptors (Lipinski definition) is 3. The lowest BCUT2D eigenvalue weighted by Gasteiger charge is -2.02. The van der Waals surface area contributed by atoms with E-state index in [2.05, 4.69) is 0 Å². The van der Waals surface area contributed by atoms with E-state index >= 15 is 0 Å².